The lowest BCUT2D eigenvalue weighted by molar-refractivity contribution is 0.154. The Balaban J connectivity index is 2.01. The molecule has 1 aliphatic rings. The summed E-state index contributed by atoms with van der Waals surface area (Å²) >= 11 is 0. The number of piperidine rings is 1. The van der Waals surface area contributed by atoms with Crippen LogP contribution < -0.4 is 4.72 Å². The zero-order chi connectivity index (χ0) is 14.6. The highest BCUT2D eigenvalue weighted by Gasteiger charge is 2.31. The smallest absolute Gasteiger partial charge is 0.280 e. The van der Waals surface area contributed by atoms with Gasteiger partial charge in [0.15, 0.2) is 0 Å². The van der Waals surface area contributed by atoms with Crippen LogP contribution in [0.4, 0.5) is 4.39 Å². The van der Waals surface area contributed by atoms with E-state index in [9.17, 15) is 17.9 Å². The van der Waals surface area contributed by atoms with E-state index >= 15 is 0 Å². The molecule has 1 aromatic carbocycles. The van der Waals surface area contributed by atoms with Gasteiger partial charge in [0, 0.05) is 19.1 Å². The Labute approximate surface area is 118 Å². The van der Waals surface area contributed by atoms with Crippen LogP contribution in [-0.2, 0) is 16.8 Å². The molecule has 112 valence electrons. The third kappa shape index (κ3) is 3.76. The molecule has 0 amide bonds. The van der Waals surface area contributed by atoms with Crippen molar-refractivity contribution < 1.29 is 17.9 Å². The van der Waals surface area contributed by atoms with Crippen LogP contribution in [0.5, 0.6) is 0 Å². The van der Waals surface area contributed by atoms with E-state index in [2.05, 4.69) is 4.72 Å². The lowest BCUT2D eigenvalue weighted by atomic mass is 10.1. The maximum atomic E-state index is 12.8. The molecule has 1 aromatic rings. The molecule has 1 unspecified atom stereocenters. The predicted octanol–water partition coefficient (Wildman–Crippen LogP) is 1.01. The van der Waals surface area contributed by atoms with Crippen molar-refractivity contribution >= 4 is 10.2 Å². The molecule has 1 heterocycles. The van der Waals surface area contributed by atoms with Gasteiger partial charge in [-0.15, -0.1) is 0 Å². The number of aliphatic hydroxyl groups excluding tert-OH is 1. The molecular weight excluding hydrogens is 283 g/mol. The molecular formula is C13H19FN2O3S. The van der Waals surface area contributed by atoms with Crippen LogP contribution in [0.2, 0.25) is 0 Å². The van der Waals surface area contributed by atoms with Gasteiger partial charge in [0.05, 0.1) is 6.61 Å². The summed E-state index contributed by atoms with van der Waals surface area (Å²) in [6.45, 7) is 0.360. The molecule has 1 atom stereocenters. The normalized spacial score (nSPS) is 21.0. The second kappa shape index (κ2) is 6.62. The zero-order valence-corrected chi connectivity index (χ0v) is 11.9. The molecule has 2 N–H and O–H groups in total. The Morgan fingerprint density at radius 3 is 2.65 bits per heavy atom. The molecule has 0 radical (unpaired) electrons. The molecule has 7 heteroatoms. The Morgan fingerprint density at radius 2 is 2.00 bits per heavy atom. The summed E-state index contributed by atoms with van der Waals surface area (Å²) < 4.78 is 41.0. The first kappa shape index (κ1) is 15.4. The van der Waals surface area contributed by atoms with Crippen molar-refractivity contribution in [1.82, 2.24) is 9.03 Å². The first-order valence-corrected chi connectivity index (χ1v) is 8.08. The predicted molar refractivity (Wildman–Crippen MR) is 73.6 cm³/mol. The Hall–Kier alpha value is -1.02. The summed E-state index contributed by atoms with van der Waals surface area (Å²) in [6, 6.07) is 5.31. The van der Waals surface area contributed by atoms with Crippen LogP contribution in [0.1, 0.15) is 24.8 Å². The van der Waals surface area contributed by atoms with Gasteiger partial charge in [0.25, 0.3) is 10.2 Å². The van der Waals surface area contributed by atoms with Gasteiger partial charge in [-0.25, -0.2) is 4.39 Å². The Bertz CT molecular complexity index is 533. The second-order valence-electron chi connectivity index (χ2n) is 4.90. The van der Waals surface area contributed by atoms with Crippen LogP contribution in [0.3, 0.4) is 0 Å². The standard InChI is InChI=1S/C13H19FN2O3S/c14-12-6-4-11(5-7-12)9-15-20(18,19)16-8-2-1-3-13(16)10-17/h4-7,13,15,17H,1-3,8-10H2. The largest absolute Gasteiger partial charge is 0.395 e. The summed E-state index contributed by atoms with van der Waals surface area (Å²) in [5.74, 6) is -0.354. The number of hydrogen-bond donors (Lipinski definition) is 2. The van der Waals surface area contributed by atoms with E-state index < -0.39 is 10.2 Å². The van der Waals surface area contributed by atoms with Gasteiger partial charge in [0.1, 0.15) is 5.82 Å². The Morgan fingerprint density at radius 1 is 1.30 bits per heavy atom. The van der Waals surface area contributed by atoms with Gasteiger partial charge >= 0.3 is 0 Å². The number of nitrogens with zero attached hydrogens (tertiary/aromatic N) is 1. The molecule has 0 aliphatic carbocycles. The zero-order valence-electron chi connectivity index (χ0n) is 11.1. The minimum absolute atomic E-state index is 0.108. The molecule has 0 aromatic heterocycles. The number of aliphatic hydroxyl groups is 1. The second-order valence-corrected chi connectivity index (χ2v) is 6.60. The number of hydrogen-bond acceptors (Lipinski definition) is 3. The number of rotatable bonds is 5. The van der Waals surface area contributed by atoms with Gasteiger partial charge in [0.2, 0.25) is 0 Å². The summed E-state index contributed by atoms with van der Waals surface area (Å²) in [5.41, 5.74) is 0.688. The third-order valence-corrected chi connectivity index (χ3v) is 5.07. The van der Waals surface area contributed by atoms with E-state index in [0.29, 0.717) is 18.5 Å². The van der Waals surface area contributed by atoms with Crippen LogP contribution in [0.25, 0.3) is 0 Å². The minimum Gasteiger partial charge on any atom is -0.395 e. The molecule has 5 nitrogen and oxygen atoms in total. The van der Waals surface area contributed by atoms with Crippen LogP contribution in [0, 0.1) is 5.82 Å². The maximum absolute atomic E-state index is 12.8. The van der Waals surface area contributed by atoms with E-state index in [1.54, 1.807) is 0 Å². The average Bonchev–Trinajstić information content (AvgIpc) is 2.46. The number of halogens is 1. The average molecular weight is 302 g/mol. The molecule has 0 bridgehead atoms. The lowest BCUT2D eigenvalue weighted by Gasteiger charge is -2.33. The quantitative estimate of drug-likeness (QED) is 0.853. The first-order chi connectivity index (χ1) is 9.53. The maximum Gasteiger partial charge on any atom is 0.280 e. The molecule has 1 fully saturated rings. The highest BCUT2D eigenvalue weighted by atomic mass is 32.2. The summed E-state index contributed by atoms with van der Waals surface area (Å²) in [7, 11) is -3.62. The van der Waals surface area contributed by atoms with E-state index in [0.717, 1.165) is 12.8 Å². The van der Waals surface area contributed by atoms with Crippen LogP contribution in [0.15, 0.2) is 24.3 Å². The van der Waals surface area contributed by atoms with Gasteiger partial charge in [-0.3, -0.25) is 0 Å². The van der Waals surface area contributed by atoms with Crippen molar-refractivity contribution in [2.75, 3.05) is 13.2 Å². The minimum atomic E-state index is -3.62. The molecule has 0 saturated carbocycles. The summed E-state index contributed by atoms with van der Waals surface area (Å²) in [5, 5.41) is 9.27. The van der Waals surface area contributed by atoms with E-state index in [1.807, 2.05) is 0 Å². The molecule has 20 heavy (non-hydrogen) atoms. The summed E-state index contributed by atoms with van der Waals surface area (Å²) in [6.07, 6.45) is 2.40. The molecule has 1 saturated heterocycles. The van der Waals surface area contributed by atoms with Crippen molar-refractivity contribution in [2.45, 2.75) is 31.8 Å². The molecule has 1 aliphatic heterocycles. The fourth-order valence-electron chi connectivity index (χ4n) is 2.33. The molecule has 0 spiro atoms. The van der Waals surface area contributed by atoms with Crippen molar-refractivity contribution in [2.24, 2.45) is 0 Å². The van der Waals surface area contributed by atoms with Crippen molar-refractivity contribution in [3.63, 3.8) is 0 Å². The van der Waals surface area contributed by atoms with Crippen LogP contribution in [-0.4, -0.2) is 37.0 Å². The lowest BCUT2D eigenvalue weighted by Crippen LogP contribution is -2.50. The van der Waals surface area contributed by atoms with Crippen molar-refractivity contribution in [3.8, 4) is 0 Å². The third-order valence-electron chi connectivity index (χ3n) is 3.46. The monoisotopic (exact) mass is 302 g/mol. The molecule has 2 rings (SSSR count). The highest BCUT2D eigenvalue weighted by Crippen LogP contribution is 2.19. The van der Waals surface area contributed by atoms with Gasteiger partial charge in [-0.1, -0.05) is 18.6 Å². The first-order valence-electron chi connectivity index (χ1n) is 6.64. The van der Waals surface area contributed by atoms with Gasteiger partial charge in [-0.2, -0.15) is 17.4 Å². The van der Waals surface area contributed by atoms with E-state index in [4.69, 9.17) is 0 Å². The van der Waals surface area contributed by atoms with Crippen LogP contribution >= 0.6 is 0 Å². The topological polar surface area (TPSA) is 69.6 Å². The highest BCUT2D eigenvalue weighted by molar-refractivity contribution is 7.87. The number of nitrogens with one attached hydrogen (secondary N) is 1. The Kier molecular flexibility index (Phi) is 5.09. The van der Waals surface area contributed by atoms with Gasteiger partial charge < -0.3 is 5.11 Å². The van der Waals surface area contributed by atoms with Crippen molar-refractivity contribution in [3.05, 3.63) is 35.6 Å². The summed E-state index contributed by atoms with van der Waals surface area (Å²) in [4.78, 5) is 0. The SMILES string of the molecule is O=S(=O)(NCc1ccc(F)cc1)N1CCCCC1CO. The fourth-order valence-corrected chi connectivity index (χ4v) is 3.78. The van der Waals surface area contributed by atoms with E-state index in [1.165, 1.54) is 28.6 Å². The fraction of sp³-hybridized carbons (Fsp3) is 0.538. The van der Waals surface area contributed by atoms with Crippen molar-refractivity contribution in [1.29, 1.82) is 0 Å². The van der Waals surface area contributed by atoms with Gasteiger partial charge in [-0.05, 0) is 30.5 Å². The number of benzene rings is 1. The van der Waals surface area contributed by atoms with E-state index in [-0.39, 0.29) is 25.0 Å².